The number of sulfonamides is 1. The molecular weight excluding hydrogens is 336 g/mol. The van der Waals surface area contributed by atoms with Gasteiger partial charge in [0.05, 0.1) is 16.8 Å². The number of carbonyl (C=O) groups is 1. The van der Waals surface area contributed by atoms with E-state index in [2.05, 4.69) is 15.6 Å². The standard InChI is InChI=1S/C14H20N4O3S2/c1-4-15-9-23(20,21)18(3)8-13(19)17-14-16-11-6-5-10(2)7-12(11)22-14/h5-7,15H,4,8-9H2,1-3H3,(H,16,17,19). The molecule has 2 aromatic rings. The molecule has 0 fully saturated rings. The molecule has 0 saturated heterocycles. The molecule has 0 saturated carbocycles. The summed E-state index contributed by atoms with van der Waals surface area (Å²) in [6.45, 7) is 4.10. The molecule has 2 N–H and O–H groups in total. The van der Waals surface area contributed by atoms with Crippen LogP contribution in [0.5, 0.6) is 0 Å². The number of rotatable bonds is 7. The van der Waals surface area contributed by atoms with E-state index in [0.717, 1.165) is 20.1 Å². The predicted molar refractivity (Wildman–Crippen MR) is 93.1 cm³/mol. The van der Waals surface area contributed by atoms with Crippen molar-refractivity contribution in [3.05, 3.63) is 23.8 Å². The highest BCUT2D eigenvalue weighted by Gasteiger charge is 2.20. The number of aromatic nitrogens is 1. The van der Waals surface area contributed by atoms with Crippen LogP contribution in [-0.4, -0.2) is 49.6 Å². The van der Waals surface area contributed by atoms with Gasteiger partial charge in [-0.15, -0.1) is 0 Å². The molecule has 1 heterocycles. The molecule has 1 aromatic carbocycles. The topological polar surface area (TPSA) is 91.4 Å². The number of hydrogen-bond donors (Lipinski definition) is 2. The monoisotopic (exact) mass is 356 g/mol. The van der Waals surface area contributed by atoms with Gasteiger partial charge in [-0.1, -0.05) is 24.3 Å². The van der Waals surface area contributed by atoms with Crippen LogP contribution in [0.2, 0.25) is 0 Å². The van der Waals surface area contributed by atoms with Crippen LogP contribution in [0.3, 0.4) is 0 Å². The normalized spacial score (nSPS) is 12.0. The number of nitrogens with one attached hydrogen (secondary N) is 2. The van der Waals surface area contributed by atoms with Crippen molar-refractivity contribution in [1.29, 1.82) is 0 Å². The molecule has 0 aliphatic rings. The minimum atomic E-state index is -3.50. The van der Waals surface area contributed by atoms with Crippen molar-refractivity contribution in [3.63, 3.8) is 0 Å². The molecule has 0 atom stereocenters. The average molecular weight is 356 g/mol. The molecule has 2 rings (SSSR count). The molecule has 0 aliphatic carbocycles. The SMILES string of the molecule is CCNCS(=O)(=O)N(C)CC(=O)Nc1nc2ccc(C)cc2s1. The molecule has 9 heteroatoms. The molecule has 7 nitrogen and oxygen atoms in total. The van der Waals surface area contributed by atoms with Gasteiger partial charge < -0.3 is 10.6 Å². The Morgan fingerprint density at radius 1 is 1.39 bits per heavy atom. The zero-order valence-corrected chi connectivity index (χ0v) is 14.9. The molecule has 1 aromatic heterocycles. The number of benzene rings is 1. The first-order chi connectivity index (χ1) is 10.8. The summed E-state index contributed by atoms with van der Waals surface area (Å²) in [6.07, 6.45) is 0. The van der Waals surface area contributed by atoms with Crippen molar-refractivity contribution < 1.29 is 13.2 Å². The van der Waals surface area contributed by atoms with E-state index >= 15 is 0 Å². The van der Waals surface area contributed by atoms with Crippen LogP contribution in [0.15, 0.2) is 18.2 Å². The largest absolute Gasteiger partial charge is 0.303 e. The number of likely N-dealkylation sites (N-methyl/N-ethyl adjacent to an activating group) is 1. The summed E-state index contributed by atoms with van der Waals surface area (Å²) in [7, 11) is -2.11. The van der Waals surface area contributed by atoms with Crippen molar-refractivity contribution >= 4 is 42.6 Å². The first-order valence-electron chi connectivity index (χ1n) is 7.13. The number of anilines is 1. The Morgan fingerprint density at radius 3 is 2.83 bits per heavy atom. The van der Waals surface area contributed by atoms with Crippen molar-refractivity contribution in [2.24, 2.45) is 0 Å². The Balaban J connectivity index is 2.00. The summed E-state index contributed by atoms with van der Waals surface area (Å²) in [5.74, 6) is -0.600. The highest BCUT2D eigenvalue weighted by molar-refractivity contribution is 7.89. The Kier molecular flexibility index (Phi) is 5.69. The van der Waals surface area contributed by atoms with Crippen molar-refractivity contribution in [2.75, 3.05) is 31.3 Å². The minimum Gasteiger partial charge on any atom is -0.303 e. The molecule has 0 bridgehead atoms. The summed E-state index contributed by atoms with van der Waals surface area (Å²) >= 11 is 1.36. The van der Waals surface area contributed by atoms with Gasteiger partial charge in [0.25, 0.3) is 0 Å². The number of amides is 1. The number of fused-ring (bicyclic) bond motifs is 1. The van der Waals surface area contributed by atoms with Gasteiger partial charge in [-0.05, 0) is 31.2 Å². The number of thiazole rings is 1. The third-order valence-electron chi connectivity index (χ3n) is 3.17. The van der Waals surface area contributed by atoms with Gasteiger partial charge in [-0.3, -0.25) is 4.79 Å². The maximum Gasteiger partial charge on any atom is 0.241 e. The number of hydrogen-bond acceptors (Lipinski definition) is 6. The van der Waals surface area contributed by atoms with Gasteiger partial charge in [-0.2, -0.15) is 4.31 Å². The van der Waals surface area contributed by atoms with Crippen LogP contribution in [0, 0.1) is 6.92 Å². The Bertz CT molecular complexity index is 801. The van der Waals surface area contributed by atoms with Crippen LogP contribution in [-0.2, 0) is 14.8 Å². The highest BCUT2D eigenvalue weighted by Crippen LogP contribution is 2.26. The van der Waals surface area contributed by atoms with Gasteiger partial charge in [0.2, 0.25) is 15.9 Å². The quantitative estimate of drug-likeness (QED) is 0.782. The molecular formula is C14H20N4O3S2. The van der Waals surface area contributed by atoms with Crippen LogP contribution in [0.1, 0.15) is 12.5 Å². The predicted octanol–water partition coefficient (Wildman–Crippen LogP) is 1.37. The molecule has 0 unspecified atom stereocenters. The van der Waals surface area contributed by atoms with Crippen molar-refractivity contribution in [1.82, 2.24) is 14.6 Å². The molecule has 0 aliphatic heterocycles. The fourth-order valence-electron chi connectivity index (χ4n) is 1.89. The molecule has 23 heavy (non-hydrogen) atoms. The first-order valence-corrected chi connectivity index (χ1v) is 9.56. The zero-order chi connectivity index (χ0) is 17.0. The van der Waals surface area contributed by atoms with Gasteiger partial charge >= 0.3 is 0 Å². The second-order valence-electron chi connectivity index (χ2n) is 5.15. The van der Waals surface area contributed by atoms with E-state index in [1.54, 1.807) is 0 Å². The number of aryl methyl sites for hydroxylation is 1. The van der Waals surface area contributed by atoms with E-state index in [9.17, 15) is 13.2 Å². The Hall–Kier alpha value is -1.55. The lowest BCUT2D eigenvalue weighted by Crippen LogP contribution is -2.39. The molecule has 126 valence electrons. The van der Waals surface area contributed by atoms with Crippen LogP contribution in [0.25, 0.3) is 10.2 Å². The second-order valence-corrected chi connectivity index (χ2v) is 8.26. The van der Waals surface area contributed by atoms with Crippen LogP contribution < -0.4 is 10.6 Å². The summed E-state index contributed by atoms with van der Waals surface area (Å²) in [4.78, 5) is 16.3. The first kappa shape index (κ1) is 17.8. The summed E-state index contributed by atoms with van der Waals surface area (Å²) < 4.78 is 25.9. The lowest BCUT2D eigenvalue weighted by Gasteiger charge is -2.16. The van der Waals surface area contributed by atoms with E-state index in [1.165, 1.54) is 18.4 Å². The molecule has 0 radical (unpaired) electrons. The van der Waals surface area contributed by atoms with Crippen LogP contribution >= 0.6 is 11.3 Å². The Labute approximate surface area is 139 Å². The second kappa shape index (κ2) is 7.35. The van der Waals surface area contributed by atoms with E-state index in [1.807, 2.05) is 32.0 Å². The lowest BCUT2D eigenvalue weighted by molar-refractivity contribution is -0.116. The van der Waals surface area contributed by atoms with E-state index in [4.69, 9.17) is 0 Å². The van der Waals surface area contributed by atoms with Crippen molar-refractivity contribution in [3.8, 4) is 0 Å². The summed E-state index contributed by atoms with van der Waals surface area (Å²) in [5.41, 5.74) is 1.93. The van der Waals surface area contributed by atoms with Gasteiger partial charge in [-0.25, -0.2) is 13.4 Å². The fourth-order valence-corrected chi connectivity index (χ4v) is 3.86. The van der Waals surface area contributed by atoms with E-state index in [-0.39, 0.29) is 12.4 Å². The number of nitrogens with zero attached hydrogens (tertiary/aromatic N) is 2. The zero-order valence-electron chi connectivity index (χ0n) is 13.3. The average Bonchev–Trinajstić information content (AvgIpc) is 2.86. The van der Waals surface area contributed by atoms with Crippen molar-refractivity contribution in [2.45, 2.75) is 13.8 Å². The maximum atomic E-state index is 12.0. The third-order valence-corrected chi connectivity index (χ3v) is 5.75. The fraction of sp³-hybridized carbons (Fsp3) is 0.429. The highest BCUT2D eigenvalue weighted by atomic mass is 32.2. The van der Waals surface area contributed by atoms with Gasteiger partial charge in [0.1, 0.15) is 5.88 Å². The summed E-state index contributed by atoms with van der Waals surface area (Å²) in [5, 5.41) is 5.86. The Morgan fingerprint density at radius 2 is 2.13 bits per heavy atom. The van der Waals surface area contributed by atoms with Crippen LogP contribution in [0.4, 0.5) is 5.13 Å². The smallest absolute Gasteiger partial charge is 0.241 e. The number of carbonyl (C=O) groups excluding carboxylic acids is 1. The molecule has 1 amide bonds. The molecule has 0 spiro atoms. The third kappa shape index (κ3) is 4.71. The van der Waals surface area contributed by atoms with Gasteiger partial charge in [0.15, 0.2) is 5.13 Å². The minimum absolute atomic E-state index is 0.187. The summed E-state index contributed by atoms with van der Waals surface area (Å²) in [6, 6.07) is 5.84. The van der Waals surface area contributed by atoms with Gasteiger partial charge in [0, 0.05) is 7.05 Å². The lowest BCUT2D eigenvalue weighted by atomic mass is 10.2. The maximum absolute atomic E-state index is 12.0. The van der Waals surface area contributed by atoms with E-state index in [0.29, 0.717) is 11.7 Å². The van der Waals surface area contributed by atoms with E-state index < -0.39 is 15.9 Å².